The number of nitrogens with zero attached hydrogens (tertiary/aromatic N) is 4. The van der Waals surface area contributed by atoms with E-state index in [0.717, 1.165) is 12.8 Å². The van der Waals surface area contributed by atoms with Gasteiger partial charge in [-0.05, 0) is 26.7 Å². The molecule has 2 aromatic heterocycles. The Balaban J connectivity index is 1.94. The Morgan fingerprint density at radius 2 is 2.25 bits per heavy atom. The average Bonchev–Trinajstić information content (AvgIpc) is 3.04. The van der Waals surface area contributed by atoms with Crippen LogP contribution in [0.2, 0.25) is 0 Å². The molecule has 20 heavy (non-hydrogen) atoms. The van der Waals surface area contributed by atoms with Crippen molar-refractivity contribution in [2.24, 2.45) is 0 Å². The third kappa shape index (κ3) is 2.34. The highest BCUT2D eigenvalue weighted by Crippen LogP contribution is 2.31. The second-order valence-corrected chi connectivity index (χ2v) is 5.14. The van der Waals surface area contributed by atoms with Gasteiger partial charge in [0.1, 0.15) is 12.6 Å². The predicted molar refractivity (Wildman–Crippen MR) is 71.3 cm³/mol. The molecule has 1 aliphatic rings. The quantitative estimate of drug-likeness (QED) is 0.907. The Kier molecular flexibility index (Phi) is 3.54. The summed E-state index contributed by atoms with van der Waals surface area (Å²) in [5, 5.41) is 9.14. The van der Waals surface area contributed by atoms with Crippen molar-refractivity contribution >= 4 is 11.2 Å². The van der Waals surface area contributed by atoms with Crippen LogP contribution in [0.1, 0.15) is 32.9 Å². The highest BCUT2D eigenvalue weighted by molar-refractivity contribution is 5.76. The highest BCUT2D eigenvalue weighted by atomic mass is 16.5. The number of hydrogen-bond acceptors (Lipinski definition) is 6. The summed E-state index contributed by atoms with van der Waals surface area (Å²) in [6, 6.07) is 0. The molecule has 108 valence electrons. The first-order valence-electron chi connectivity index (χ1n) is 6.79. The zero-order valence-electron chi connectivity index (χ0n) is 11.6. The minimum absolute atomic E-state index is 0.0275. The van der Waals surface area contributed by atoms with Gasteiger partial charge in [-0.2, -0.15) is 4.98 Å². The molecule has 0 radical (unpaired) electrons. The molecule has 0 aliphatic carbocycles. The summed E-state index contributed by atoms with van der Waals surface area (Å²) in [6.07, 6.45) is 4.61. The number of fused-ring (bicyclic) bond motifs is 1. The van der Waals surface area contributed by atoms with Crippen LogP contribution in [0.4, 0.5) is 0 Å². The summed E-state index contributed by atoms with van der Waals surface area (Å²) in [4.78, 5) is 12.7. The number of aliphatic hydroxyl groups excluding tert-OH is 1. The summed E-state index contributed by atoms with van der Waals surface area (Å²) >= 11 is 0. The van der Waals surface area contributed by atoms with Gasteiger partial charge in [-0.3, -0.25) is 4.57 Å². The molecule has 1 fully saturated rings. The Hall–Kier alpha value is -1.73. The van der Waals surface area contributed by atoms with Crippen molar-refractivity contribution in [2.75, 3.05) is 6.61 Å². The van der Waals surface area contributed by atoms with Crippen LogP contribution < -0.4 is 4.74 Å². The number of ether oxygens (including phenoxy) is 2. The van der Waals surface area contributed by atoms with Crippen LogP contribution in [0.15, 0.2) is 12.7 Å². The molecule has 2 atom stereocenters. The molecular weight excluding hydrogens is 260 g/mol. The standard InChI is InChI=1S/C13H18N4O3/c1-8(2)19-13-11-12(14-6-15-13)17(7-16-11)10-4-3-9(5-18)20-10/h6-10,18H,3-5H2,1-2H3. The molecule has 1 N–H and O–H groups in total. The Morgan fingerprint density at radius 1 is 1.40 bits per heavy atom. The number of imidazole rings is 1. The molecule has 7 nitrogen and oxygen atoms in total. The maximum absolute atomic E-state index is 9.14. The van der Waals surface area contributed by atoms with Gasteiger partial charge in [-0.25, -0.2) is 9.97 Å². The van der Waals surface area contributed by atoms with Crippen molar-refractivity contribution in [1.29, 1.82) is 0 Å². The fourth-order valence-corrected chi connectivity index (χ4v) is 2.38. The molecule has 3 heterocycles. The van der Waals surface area contributed by atoms with Crippen LogP contribution >= 0.6 is 0 Å². The maximum atomic E-state index is 9.14. The molecule has 0 spiro atoms. The molecule has 1 saturated heterocycles. The van der Waals surface area contributed by atoms with E-state index in [1.54, 1.807) is 6.33 Å². The zero-order chi connectivity index (χ0) is 14.1. The van der Waals surface area contributed by atoms with E-state index in [1.807, 2.05) is 18.4 Å². The number of aromatic nitrogens is 4. The number of rotatable bonds is 4. The SMILES string of the molecule is CC(C)Oc1ncnc2c1ncn2C1CCC(CO)O1. The van der Waals surface area contributed by atoms with Gasteiger partial charge in [-0.1, -0.05) is 0 Å². The monoisotopic (exact) mass is 278 g/mol. The highest BCUT2D eigenvalue weighted by Gasteiger charge is 2.28. The molecule has 1 aliphatic heterocycles. The van der Waals surface area contributed by atoms with Crippen LogP contribution in [0, 0.1) is 0 Å². The van der Waals surface area contributed by atoms with Gasteiger partial charge in [0.05, 0.1) is 25.1 Å². The topological polar surface area (TPSA) is 82.3 Å². The zero-order valence-corrected chi connectivity index (χ0v) is 11.6. The molecule has 7 heteroatoms. The first kappa shape index (κ1) is 13.3. The van der Waals surface area contributed by atoms with Gasteiger partial charge in [0, 0.05) is 0 Å². The van der Waals surface area contributed by atoms with E-state index in [-0.39, 0.29) is 25.0 Å². The summed E-state index contributed by atoms with van der Waals surface area (Å²) in [6.45, 7) is 3.92. The average molecular weight is 278 g/mol. The molecule has 0 saturated carbocycles. The molecule has 0 amide bonds. The molecular formula is C13H18N4O3. The lowest BCUT2D eigenvalue weighted by molar-refractivity contribution is -0.0207. The van der Waals surface area contributed by atoms with E-state index in [4.69, 9.17) is 14.6 Å². The maximum Gasteiger partial charge on any atom is 0.245 e. The van der Waals surface area contributed by atoms with E-state index in [9.17, 15) is 0 Å². The number of aliphatic hydroxyl groups is 1. The fraction of sp³-hybridized carbons (Fsp3) is 0.615. The summed E-state index contributed by atoms with van der Waals surface area (Å²) < 4.78 is 13.3. The Morgan fingerprint density at radius 3 is 2.95 bits per heavy atom. The fourth-order valence-electron chi connectivity index (χ4n) is 2.38. The first-order valence-corrected chi connectivity index (χ1v) is 6.79. The normalized spacial score (nSPS) is 22.8. The van der Waals surface area contributed by atoms with Crippen molar-refractivity contribution in [3.63, 3.8) is 0 Å². The lowest BCUT2D eigenvalue weighted by Gasteiger charge is -2.14. The largest absolute Gasteiger partial charge is 0.473 e. The molecule has 2 aromatic rings. The second-order valence-electron chi connectivity index (χ2n) is 5.14. The van der Waals surface area contributed by atoms with E-state index in [1.165, 1.54) is 6.33 Å². The van der Waals surface area contributed by atoms with Crippen LogP contribution in [-0.2, 0) is 4.74 Å². The number of hydrogen-bond donors (Lipinski definition) is 1. The lowest BCUT2D eigenvalue weighted by Crippen LogP contribution is -2.14. The second kappa shape index (κ2) is 5.34. The van der Waals surface area contributed by atoms with Crippen molar-refractivity contribution < 1.29 is 14.6 Å². The van der Waals surface area contributed by atoms with Crippen molar-refractivity contribution in [3.8, 4) is 5.88 Å². The summed E-state index contributed by atoms with van der Waals surface area (Å²) in [5.74, 6) is 0.487. The van der Waals surface area contributed by atoms with E-state index in [0.29, 0.717) is 17.0 Å². The molecule has 0 aromatic carbocycles. The summed E-state index contributed by atoms with van der Waals surface area (Å²) in [7, 11) is 0. The first-order chi connectivity index (χ1) is 9.69. The van der Waals surface area contributed by atoms with Crippen LogP contribution in [-0.4, -0.2) is 43.4 Å². The van der Waals surface area contributed by atoms with Gasteiger partial charge >= 0.3 is 0 Å². The van der Waals surface area contributed by atoms with Gasteiger partial charge < -0.3 is 14.6 Å². The van der Waals surface area contributed by atoms with E-state index >= 15 is 0 Å². The van der Waals surface area contributed by atoms with E-state index in [2.05, 4.69) is 15.0 Å². The Labute approximate surface area is 116 Å². The molecule has 3 rings (SSSR count). The van der Waals surface area contributed by atoms with Gasteiger partial charge in [-0.15, -0.1) is 0 Å². The Bertz CT molecular complexity index is 598. The van der Waals surface area contributed by atoms with E-state index < -0.39 is 0 Å². The van der Waals surface area contributed by atoms with Gasteiger partial charge in [0.2, 0.25) is 5.88 Å². The predicted octanol–water partition coefficient (Wildman–Crippen LogP) is 1.28. The minimum atomic E-state index is -0.140. The van der Waals surface area contributed by atoms with Crippen LogP contribution in [0.25, 0.3) is 11.2 Å². The summed E-state index contributed by atoms with van der Waals surface area (Å²) in [5.41, 5.74) is 1.33. The van der Waals surface area contributed by atoms with Crippen molar-refractivity contribution in [2.45, 2.75) is 45.1 Å². The third-order valence-corrected chi connectivity index (χ3v) is 3.27. The molecule has 2 unspecified atom stereocenters. The third-order valence-electron chi connectivity index (χ3n) is 3.27. The lowest BCUT2D eigenvalue weighted by atomic mass is 10.2. The van der Waals surface area contributed by atoms with Crippen molar-refractivity contribution in [3.05, 3.63) is 12.7 Å². The van der Waals surface area contributed by atoms with Gasteiger partial charge in [0.15, 0.2) is 11.2 Å². The molecule has 0 bridgehead atoms. The van der Waals surface area contributed by atoms with Crippen molar-refractivity contribution in [1.82, 2.24) is 19.5 Å². The minimum Gasteiger partial charge on any atom is -0.473 e. The smallest absolute Gasteiger partial charge is 0.245 e. The van der Waals surface area contributed by atoms with Crippen LogP contribution in [0.5, 0.6) is 5.88 Å². The van der Waals surface area contributed by atoms with Crippen LogP contribution in [0.3, 0.4) is 0 Å². The van der Waals surface area contributed by atoms with Gasteiger partial charge in [0.25, 0.3) is 0 Å².